The van der Waals surface area contributed by atoms with E-state index in [4.69, 9.17) is 0 Å². The van der Waals surface area contributed by atoms with E-state index in [0.717, 1.165) is 11.1 Å². The highest BCUT2D eigenvalue weighted by molar-refractivity contribution is 6.06. The molecule has 2 amide bonds. The fourth-order valence-corrected chi connectivity index (χ4v) is 4.00. The number of halogens is 3. The SMILES string of the molecule is CC(O)(C(=O)N[C@H]1CC[C@H](NC(=O)c2cc(-n3ccnc3)cc3cc[nH]c23)CC1)C(F)(F)F. The molecule has 176 valence electrons. The molecule has 0 bridgehead atoms. The molecule has 4 rings (SSSR count). The molecule has 1 unspecified atom stereocenters. The molecule has 0 saturated heterocycles. The minimum absolute atomic E-state index is 0.185. The van der Waals surface area contributed by atoms with Gasteiger partial charge in [0.25, 0.3) is 11.8 Å². The molecule has 1 atom stereocenters. The van der Waals surface area contributed by atoms with Gasteiger partial charge in [-0.05, 0) is 50.8 Å². The lowest BCUT2D eigenvalue weighted by molar-refractivity contribution is -0.245. The summed E-state index contributed by atoms with van der Waals surface area (Å²) in [6, 6.07) is 4.89. The van der Waals surface area contributed by atoms with E-state index in [-0.39, 0.29) is 11.9 Å². The Bertz CT molecular complexity index is 1150. The van der Waals surface area contributed by atoms with Gasteiger partial charge in [0.05, 0.1) is 17.4 Å². The van der Waals surface area contributed by atoms with Gasteiger partial charge in [0, 0.05) is 41.7 Å². The number of imidazole rings is 1. The zero-order valence-electron chi connectivity index (χ0n) is 17.8. The summed E-state index contributed by atoms with van der Waals surface area (Å²) in [7, 11) is 0. The van der Waals surface area contributed by atoms with Gasteiger partial charge in [0.15, 0.2) is 0 Å². The zero-order valence-corrected chi connectivity index (χ0v) is 17.8. The van der Waals surface area contributed by atoms with E-state index in [0.29, 0.717) is 43.7 Å². The van der Waals surface area contributed by atoms with Crippen molar-refractivity contribution < 1.29 is 27.9 Å². The number of benzene rings is 1. The van der Waals surface area contributed by atoms with Crippen LogP contribution in [0.2, 0.25) is 0 Å². The molecule has 1 aliphatic rings. The van der Waals surface area contributed by atoms with Crippen LogP contribution < -0.4 is 10.6 Å². The Labute approximate surface area is 187 Å². The Morgan fingerprint density at radius 3 is 2.42 bits per heavy atom. The smallest absolute Gasteiger partial charge is 0.373 e. The molecule has 1 fully saturated rings. The predicted molar refractivity (Wildman–Crippen MR) is 114 cm³/mol. The van der Waals surface area contributed by atoms with Gasteiger partial charge < -0.3 is 25.3 Å². The normalized spacial score (nSPS) is 20.9. The first kappa shape index (κ1) is 22.8. The van der Waals surface area contributed by atoms with Gasteiger partial charge in [-0.25, -0.2) is 4.98 Å². The van der Waals surface area contributed by atoms with Gasteiger partial charge in [-0.3, -0.25) is 9.59 Å². The van der Waals surface area contributed by atoms with E-state index in [2.05, 4.69) is 20.6 Å². The summed E-state index contributed by atoms with van der Waals surface area (Å²) in [4.78, 5) is 32.1. The van der Waals surface area contributed by atoms with Crippen molar-refractivity contribution in [3.05, 3.63) is 48.7 Å². The summed E-state index contributed by atoms with van der Waals surface area (Å²) in [5, 5.41) is 15.6. The number of carbonyl (C=O) groups is 2. The van der Waals surface area contributed by atoms with Crippen LogP contribution in [0.4, 0.5) is 13.2 Å². The van der Waals surface area contributed by atoms with Crippen molar-refractivity contribution in [3.63, 3.8) is 0 Å². The van der Waals surface area contributed by atoms with Gasteiger partial charge in [-0.2, -0.15) is 13.2 Å². The van der Waals surface area contributed by atoms with Gasteiger partial charge in [-0.1, -0.05) is 0 Å². The lowest BCUT2D eigenvalue weighted by Gasteiger charge is -2.32. The molecular weight excluding hydrogens is 439 g/mol. The third-order valence-corrected chi connectivity index (χ3v) is 6.08. The second kappa shape index (κ2) is 8.54. The fourth-order valence-electron chi connectivity index (χ4n) is 4.00. The molecule has 0 spiro atoms. The third-order valence-electron chi connectivity index (χ3n) is 6.08. The molecule has 2 heterocycles. The van der Waals surface area contributed by atoms with Crippen LogP contribution in [-0.4, -0.2) is 55.3 Å². The number of aliphatic hydroxyl groups is 1. The first-order valence-corrected chi connectivity index (χ1v) is 10.6. The Kier molecular flexibility index (Phi) is 5.91. The summed E-state index contributed by atoms with van der Waals surface area (Å²) in [5.41, 5.74) is -1.49. The number of amides is 2. The number of aromatic amines is 1. The summed E-state index contributed by atoms with van der Waals surface area (Å²) in [6.07, 6.45) is 3.50. The molecule has 2 aromatic heterocycles. The van der Waals surface area contributed by atoms with Crippen LogP contribution in [0.15, 0.2) is 43.1 Å². The standard InChI is InChI=1S/C22H24F3N5O3/c1-21(33,22(23,24)25)20(32)29-15-4-2-14(3-5-15)28-19(31)17-11-16(30-9-8-26-12-30)10-13-6-7-27-18(13)17/h6-12,14-15,27,33H,2-5H2,1H3,(H,28,31)(H,29,32)/t14-,15-,21?. The van der Waals surface area contributed by atoms with Crippen molar-refractivity contribution in [2.45, 2.75) is 56.5 Å². The maximum absolute atomic E-state index is 13.1. The van der Waals surface area contributed by atoms with Gasteiger partial charge in [0.2, 0.25) is 5.60 Å². The quantitative estimate of drug-likeness (QED) is 0.466. The number of aromatic nitrogens is 3. The predicted octanol–water partition coefficient (Wildman–Crippen LogP) is 2.82. The maximum atomic E-state index is 13.1. The summed E-state index contributed by atoms with van der Waals surface area (Å²) in [6.45, 7) is 0.438. The molecule has 4 N–H and O–H groups in total. The summed E-state index contributed by atoms with van der Waals surface area (Å²) >= 11 is 0. The number of H-pyrrole nitrogens is 1. The first-order chi connectivity index (χ1) is 15.6. The summed E-state index contributed by atoms with van der Waals surface area (Å²) in [5.74, 6) is -1.73. The van der Waals surface area contributed by atoms with E-state index < -0.39 is 23.7 Å². The Morgan fingerprint density at radius 1 is 1.15 bits per heavy atom. The number of alkyl halides is 3. The molecule has 33 heavy (non-hydrogen) atoms. The van der Waals surface area contributed by atoms with Crippen LogP contribution in [0.3, 0.4) is 0 Å². The Balaban J connectivity index is 1.40. The Morgan fingerprint density at radius 2 is 1.82 bits per heavy atom. The maximum Gasteiger partial charge on any atom is 0.426 e. The molecule has 11 heteroatoms. The molecule has 1 aromatic carbocycles. The minimum Gasteiger partial charge on any atom is -0.373 e. The number of hydrogen-bond acceptors (Lipinski definition) is 4. The summed E-state index contributed by atoms with van der Waals surface area (Å²) < 4.78 is 40.3. The highest BCUT2D eigenvalue weighted by Crippen LogP contribution is 2.31. The van der Waals surface area contributed by atoms with E-state index in [1.165, 1.54) is 0 Å². The molecule has 3 aromatic rings. The van der Waals surface area contributed by atoms with Crippen molar-refractivity contribution in [1.29, 1.82) is 0 Å². The number of nitrogens with zero attached hydrogens (tertiary/aromatic N) is 2. The van der Waals surface area contributed by atoms with Crippen molar-refractivity contribution in [2.24, 2.45) is 0 Å². The largest absolute Gasteiger partial charge is 0.426 e. The second-order valence-electron chi connectivity index (χ2n) is 8.47. The number of fused-ring (bicyclic) bond motifs is 1. The number of nitrogens with one attached hydrogen (secondary N) is 3. The van der Waals surface area contributed by atoms with Crippen molar-refractivity contribution in [3.8, 4) is 5.69 Å². The third kappa shape index (κ3) is 4.58. The lowest BCUT2D eigenvalue weighted by Crippen LogP contribution is -2.57. The monoisotopic (exact) mass is 463 g/mol. The van der Waals surface area contributed by atoms with E-state index >= 15 is 0 Å². The van der Waals surface area contributed by atoms with Gasteiger partial charge in [0.1, 0.15) is 0 Å². The average Bonchev–Trinajstić information content (AvgIpc) is 3.45. The van der Waals surface area contributed by atoms with Crippen molar-refractivity contribution in [1.82, 2.24) is 25.2 Å². The van der Waals surface area contributed by atoms with Crippen molar-refractivity contribution >= 4 is 22.7 Å². The topological polar surface area (TPSA) is 112 Å². The highest BCUT2D eigenvalue weighted by Gasteiger charge is 2.56. The van der Waals surface area contributed by atoms with Gasteiger partial charge in [-0.15, -0.1) is 0 Å². The first-order valence-electron chi connectivity index (χ1n) is 10.6. The van der Waals surface area contributed by atoms with Crippen LogP contribution >= 0.6 is 0 Å². The van der Waals surface area contributed by atoms with Gasteiger partial charge >= 0.3 is 6.18 Å². The van der Waals surface area contributed by atoms with E-state index in [1.807, 2.05) is 12.1 Å². The van der Waals surface area contributed by atoms with E-state index in [1.54, 1.807) is 35.6 Å². The molecule has 0 radical (unpaired) electrons. The van der Waals surface area contributed by atoms with Crippen LogP contribution in [0.5, 0.6) is 0 Å². The fraction of sp³-hybridized carbons (Fsp3) is 0.409. The Hall–Kier alpha value is -3.34. The number of rotatable bonds is 5. The number of hydrogen-bond donors (Lipinski definition) is 4. The number of carbonyl (C=O) groups excluding carboxylic acids is 2. The van der Waals surface area contributed by atoms with Crippen LogP contribution in [0.1, 0.15) is 43.0 Å². The van der Waals surface area contributed by atoms with Crippen LogP contribution in [0, 0.1) is 0 Å². The minimum atomic E-state index is -5.06. The molecule has 1 saturated carbocycles. The average molecular weight is 463 g/mol. The van der Waals surface area contributed by atoms with Crippen LogP contribution in [-0.2, 0) is 4.79 Å². The van der Waals surface area contributed by atoms with E-state index in [9.17, 15) is 27.9 Å². The molecule has 8 nitrogen and oxygen atoms in total. The van der Waals surface area contributed by atoms with Crippen LogP contribution in [0.25, 0.3) is 16.6 Å². The zero-order chi connectivity index (χ0) is 23.8. The molecular formula is C22H24F3N5O3. The lowest BCUT2D eigenvalue weighted by atomic mass is 9.90. The molecule has 0 aliphatic heterocycles. The van der Waals surface area contributed by atoms with Crippen molar-refractivity contribution in [2.75, 3.05) is 0 Å². The molecule has 1 aliphatic carbocycles. The second-order valence-corrected chi connectivity index (χ2v) is 8.47. The highest BCUT2D eigenvalue weighted by atomic mass is 19.4.